The van der Waals surface area contributed by atoms with Crippen LogP contribution in [0.25, 0.3) is 5.78 Å². The maximum absolute atomic E-state index is 13.6. The lowest BCUT2D eigenvalue weighted by atomic mass is 10.1. The molecule has 37 heavy (non-hydrogen) atoms. The SMILES string of the molecule is Cc1ccc(C(=O)N(Cc2cccc(C#N)c2)c2nc3nc(C)c(Cc4ccccc4)c(=O)n3[nH]2)cc1. The van der Waals surface area contributed by atoms with Crippen molar-refractivity contribution >= 4 is 17.6 Å². The number of amides is 1. The number of nitrogens with one attached hydrogen (secondary N) is 1. The quantitative estimate of drug-likeness (QED) is 0.383. The first-order chi connectivity index (χ1) is 17.9. The topological polar surface area (TPSA) is 107 Å². The van der Waals surface area contributed by atoms with Crippen LogP contribution in [0.2, 0.25) is 0 Å². The molecule has 2 heterocycles. The summed E-state index contributed by atoms with van der Waals surface area (Å²) in [5.41, 5.74) is 4.62. The van der Waals surface area contributed by atoms with Crippen LogP contribution in [-0.4, -0.2) is 25.5 Å². The highest BCUT2D eigenvalue weighted by Gasteiger charge is 2.23. The molecular formula is C29H24N6O2. The number of hydrogen-bond acceptors (Lipinski definition) is 5. The molecule has 3 aromatic carbocycles. The number of aryl methyl sites for hydroxylation is 2. The Labute approximate surface area is 213 Å². The number of rotatable bonds is 6. The first-order valence-corrected chi connectivity index (χ1v) is 11.8. The molecular weight excluding hydrogens is 464 g/mol. The van der Waals surface area contributed by atoms with E-state index >= 15 is 0 Å². The zero-order chi connectivity index (χ0) is 25.9. The van der Waals surface area contributed by atoms with Crippen molar-refractivity contribution in [3.63, 3.8) is 0 Å². The second-order valence-corrected chi connectivity index (χ2v) is 8.90. The van der Waals surface area contributed by atoms with Gasteiger partial charge in [-0.1, -0.05) is 60.2 Å². The number of carbonyl (C=O) groups excluding carboxylic acids is 1. The molecule has 8 heteroatoms. The highest BCUT2D eigenvalue weighted by atomic mass is 16.2. The van der Waals surface area contributed by atoms with Gasteiger partial charge in [0.2, 0.25) is 5.95 Å². The number of carbonyl (C=O) groups is 1. The fourth-order valence-electron chi connectivity index (χ4n) is 4.18. The molecule has 0 bridgehead atoms. The molecule has 1 N–H and O–H groups in total. The van der Waals surface area contributed by atoms with Gasteiger partial charge in [0.1, 0.15) is 0 Å². The van der Waals surface area contributed by atoms with Crippen molar-refractivity contribution in [3.8, 4) is 6.07 Å². The van der Waals surface area contributed by atoms with E-state index in [0.29, 0.717) is 28.8 Å². The summed E-state index contributed by atoms with van der Waals surface area (Å²) in [5.74, 6) is 0.0753. The molecule has 0 atom stereocenters. The van der Waals surface area contributed by atoms with Crippen LogP contribution in [-0.2, 0) is 13.0 Å². The Morgan fingerprint density at radius 3 is 2.43 bits per heavy atom. The van der Waals surface area contributed by atoms with Gasteiger partial charge in [0.05, 0.1) is 23.9 Å². The molecule has 8 nitrogen and oxygen atoms in total. The molecule has 5 aromatic rings. The van der Waals surface area contributed by atoms with Crippen molar-refractivity contribution in [2.24, 2.45) is 0 Å². The minimum atomic E-state index is -0.296. The Balaban J connectivity index is 1.59. The fourth-order valence-corrected chi connectivity index (χ4v) is 4.18. The number of fused-ring (bicyclic) bond motifs is 1. The summed E-state index contributed by atoms with van der Waals surface area (Å²) in [6, 6.07) is 26.1. The van der Waals surface area contributed by atoms with E-state index in [1.165, 1.54) is 9.42 Å². The molecule has 0 aliphatic heterocycles. The van der Waals surface area contributed by atoms with Crippen LogP contribution >= 0.6 is 0 Å². The van der Waals surface area contributed by atoms with Crippen molar-refractivity contribution in [2.75, 3.05) is 4.90 Å². The lowest BCUT2D eigenvalue weighted by molar-refractivity contribution is 0.0983. The molecule has 0 saturated carbocycles. The summed E-state index contributed by atoms with van der Waals surface area (Å²) in [6.07, 6.45) is 0.433. The van der Waals surface area contributed by atoms with Gasteiger partial charge < -0.3 is 0 Å². The third-order valence-corrected chi connectivity index (χ3v) is 6.20. The highest BCUT2D eigenvalue weighted by Crippen LogP contribution is 2.19. The van der Waals surface area contributed by atoms with Gasteiger partial charge >= 0.3 is 0 Å². The Hall–Kier alpha value is -5.03. The number of aromatic amines is 1. The van der Waals surface area contributed by atoms with E-state index in [-0.39, 0.29) is 29.7 Å². The van der Waals surface area contributed by atoms with Gasteiger partial charge in [-0.2, -0.15) is 14.8 Å². The van der Waals surface area contributed by atoms with Crippen molar-refractivity contribution in [2.45, 2.75) is 26.8 Å². The summed E-state index contributed by atoms with van der Waals surface area (Å²) in [7, 11) is 0. The van der Waals surface area contributed by atoms with Crippen LogP contribution in [0.3, 0.4) is 0 Å². The Morgan fingerprint density at radius 2 is 1.70 bits per heavy atom. The van der Waals surface area contributed by atoms with Crippen LogP contribution in [0, 0.1) is 25.2 Å². The zero-order valence-electron chi connectivity index (χ0n) is 20.5. The van der Waals surface area contributed by atoms with Crippen LogP contribution < -0.4 is 10.5 Å². The van der Waals surface area contributed by atoms with Crippen molar-refractivity contribution < 1.29 is 4.79 Å². The average molecular weight is 489 g/mol. The lowest BCUT2D eigenvalue weighted by Crippen LogP contribution is -2.31. The number of aromatic nitrogens is 4. The van der Waals surface area contributed by atoms with Crippen LogP contribution in [0.5, 0.6) is 0 Å². The van der Waals surface area contributed by atoms with Crippen LogP contribution in [0.15, 0.2) is 83.7 Å². The third kappa shape index (κ3) is 4.88. The fraction of sp³-hybridized carbons (Fsp3) is 0.138. The normalized spacial score (nSPS) is 10.8. The highest BCUT2D eigenvalue weighted by molar-refractivity contribution is 6.05. The van der Waals surface area contributed by atoms with E-state index in [4.69, 9.17) is 0 Å². The predicted molar refractivity (Wildman–Crippen MR) is 140 cm³/mol. The van der Waals surface area contributed by atoms with E-state index in [2.05, 4.69) is 21.1 Å². The smallest absolute Gasteiger partial charge is 0.272 e. The number of hydrogen-bond donors (Lipinski definition) is 1. The van der Waals surface area contributed by atoms with Gasteiger partial charge in [0, 0.05) is 17.5 Å². The van der Waals surface area contributed by atoms with Gasteiger partial charge in [0.15, 0.2) is 0 Å². The molecule has 5 rings (SSSR count). The molecule has 0 fully saturated rings. The molecule has 0 radical (unpaired) electrons. The second-order valence-electron chi connectivity index (χ2n) is 8.90. The summed E-state index contributed by atoms with van der Waals surface area (Å²) in [6.45, 7) is 3.88. The maximum Gasteiger partial charge on any atom is 0.277 e. The molecule has 2 aromatic heterocycles. The molecule has 0 saturated heterocycles. The summed E-state index contributed by atoms with van der Waals surface area (Å²) < 4.78 is 1.28. The van der Waals surface area contributed by atoms with Gasteiger partial charge in [0.25, 0.3) is 17.2 Å². The Morgan fingerprint density at radius 1 is 0.973 bits per heavy atom. The Kier molecular flexibility index (Phi) is 6.35. The second kappa shape index (κ2) is 9.91. The largest absolute Gasteiger partial charge is 0.277 e. The third-order valence-electron chi connectivity index (χ3n) is 6.20. The van der Waals surface area contributed by atoms with Gasteiger partial charge in [-0.15, -0.1) is 0 Å². The standard InChI is InChI=1S/C29H24N6O2/c1-19-11-13-24(14-12-19)26(36)34(18-23-10-6-9-22(15-23)17-30)29-32-28-31-20(2)25(27(37)35(28)33-29)16-21-7-4-3-5-8-21/h3-15H,16,18H2,1-2H3,(H,31,32,33). The molecule has 0 aliphatic carbocycles. The number of benzene rings is 3. The number of nitriles is 1. The van der Waals surface area contributed by atoms with Crippen molar-refractivity contribution in [1.82, 2.24) is 19.6 Å². The zero-order valence-corrected chi connectivity index (χ0v) is 20.5. The summed E-state index contributed by atoms with van der Waals surface area (Å²) in [5, 5.41) is 12.3. The first kappa shape index (κ1) is 23.7. The molecule has 0 aliphatic rings. The van der Waals surface area contributed by atoms with Gasteiger partial charge in [-0.05, 0) is 49.2 Å². The summed E-state index contributed by atoms with van der Waals surface area (Å²) >= 11 is 0. The van der Waals surface area contributed by atoms with Crippen molar-refractivity contribution in [1.29, 1.82) is 5.26 Å². The molecule has 1 amide bonds. The van der Waals surface area contributed by atoms with E-state index in [0.717, 1.165) is 16.7 Å². The molecule has 182 valence electrons. The monoisotopic (exact) mass is 488 g/mol. The minimum absolute atomic E-state index is 0.145. The van der Waals surface area contributed by atoms with E-state index in [9.17, 15) is 14.9 Å². The lowest BCUT2D eigenvalue weighted by Gasteiger charge is -2.20. The number of anilines is 1. The van der Waals surface area contributed by atoms with E-state index < -0.39 is 0 Å². The van der Waals surface area contributed by atoms with Crippen molar-refractivity contribution in [3.05, 3.63) is 128 Å². The first-order valence-electron chi connectivity index (χ1n) is 11.8. The van der Waals surface area contributed by atoms with Crippen LogP contribution in [0.4, 0.5) is 5.95 Å². The van der Waals surface area contributed by atoms with Gasteiger partial charge in [-0.3, -0.25) is 19.6 Å². The Bertz CT molecular complexity index is 1700. The van der Waals surface area contributed by atoms with Crippen LogP contribution in [0.1, 0.15) is 43.9 Å². The average Bonchev–Trinajstić information content (AvgIpc) is 3.34. The predicted octanol–water partition coefficient (Wildman–Crippen LogP) is 4.34. The summed E-state index contributed by atoms with van der Waals surface area (Å²) in [4.78, 5) is 37.6. The van der Waals surface area contributed by atoms with E-state index in [1.807, 2.05) is 55.5 Å². The van der Waals surface area contributed by atoms with Gasteiger partial charge in [-0.25, -0.2) is 4.98 Å². The number of H-pyrrole nitrogens is 1. The maximum atomic E-state index is 13.6. The minimum Gasteiger partial charge on any atom is -0.272 e. The molecule has 0 unspecified atom stereocenters. The number of nitrogens with zero attached hydrogens (tertiary/aromatic N) is 5. The van der Waals surface area contributed by atoms with E-state index in [1.54, 1.807) is 37.3 Å². The molecule has 0 spiro atoms.